The largest absolute Gasteiger partial charge is 0.398 e. The molecular weight excluding hydrogens is 166 g/mol. The monoisotopic (exact) mass is 177 g/mol. The van der Waals surface area contributed by atoms with E-state index in [2.05, 4.69) is 4.98 Å². The van der Waals surface area contributed by atoms with Crippen LogP contribution >= 0.6 is 0 Å². The third-order valence-corrected chi connectivity index (χ3v) is 1.90. The van der Waals surface area contributed by atoms with Gasteiger partial charge in [-0.05, 0) is 12.1 Å². The van der Waals surface area contributed by atoms with Crippen LogP contribution in [0, 0.1) is 0 Å². The third kappa shape index (κ3) is 1.36. The van der Waals surface area contributed by atoms with Crippen molar-refractivity contribution in [2.45, 2.75) is 6.61 Å². The molecule has 0 aliphatic heterocycles. The van der Waals surface area contributed by atoms with E-state index >= 15 is 0 Å². The zero-order chi connectivity index (χ0) is 9.26. The van der Waals surface area contributed by atoms with Gasteiger partial charge < -0.3 is 10.5 Å². The first-order valence-corrected chi connectivity index (χ1v) is 4.01. The zero-order valence-electron chi connectivity index (χ0n) is 7.40. The molecule has 2 aromatic heterocycles. The second-order valence-corrected chi connectivity index (χ2v) is 2.87. The molecule has 0 saturated carbocycles. The van der Waals surface area contributed by atoms with E-state index in [0.29, 0.717) is 6.61 Å². The van der Waals surface area contributed by atoms with Crippen LogP contribution in [-0.2, 0) is 11.3 Å². The summed E-state index contributed by atoms with van der Waals surface area (Å²) in [6.07, 6.45) is 3.63. The topological polar surface area (TPSA) is 52.5 Å². The fourth-order valence-corrected chi connectivity index (χ4v) is 1.30. The predicted molar refractivity (Wildman–Crippen MR) is 50.3 cm³/mol. The molecule has 4 heteroatoms. The van der Waals surface area contributed by atoms with Crippen LogP contribution in [0.25, 0.3) is 5.65 Å². The van der Waals surface area contributed by atoms with E-state index in [-0.39, 0.29) is 0 Å². The third-order valence-electron chi connectivity index (χ3n) is 1.90. The maximum absolute atomic E-state index is 5.66. The Labute approximate surface area is 76.0 Å². The lowest BCUT2D eigenvalue weighted by atomic mass is 10.4. The molecule has 68 valence electrons. The Hall–Kier alpha value is -1.55. The van der Waals surface area contributed by atoms with Crippen molar-refractivity contribution in [3.63, 3.8) is 0 Å². The molecule has 0 amide bonds. The van der Waals surface area contributed by atoms with Gasteiger partial charge in [0.25, 0.3) is 0 Å². The van der Waals surface area contributed by atoms with Crippen molar-refractivity contribution in [2.24, 2.45) is 0 Å². The molecule has 2 N–H and O–H groups in total. The minimum atomic E-state index is 0.546. The summed E-state index contributed by atoms with van der Waals surface area (Å²) < 4.78 is 6.96. The molecule has 2 rings (SSSR count). The lowest BCUT2D eigenvalue weighted by molar-refractivity contribution is 0.181. The van der Waals surface area contributed by atoms with Gasteiger partial charge in [-0.15, -0.1) is 0 Å². The van der Waals surface area contributed by atoms with E-state index in [0.717, 1.165) is 17.0 Å². The first-order chi connectivity index (χ1) is 6.31. The summed E-state index contributed by atoms with van der Waals surface area (Å²) in [5.74, 6) is 0. The first-order valence-electron chi connectivity index (χ1n) is 4.01. The maximum atomic E-state index is 5.66. The van der Waals surface area contributed by atoms with Crippen LogP contribution in [0.4, 0.5) is 5.69 Å². The second kappa shape index (κ2) is 3.06. The molecule has 4 nitrogen and oxygen atoms in total. The Morgan fingerprint density at radius 3 is 3.15 bits per heavy atom. The molecule has 2 heterocycles. The molecule has 2 aromatic rings. The molecule has 13 heavy (non-hydrogen) atoms. The summed E-state index contributed by atoms with van der Waals surface area (Å²) in [7, 11) is 1.66. The number of hydrogen-bond acceptors (Lipinski definition) is 3. The number of aromatic nitrogens is 2. The van der Waals surface area contributed by atoms with Crippen molar-refractivity contribution in [1.29, 1.82) is 0 Å². The van der Waals surface area contributed by atoms with Crippen LogP contribution in [0.5, 0.6) is 0 Å². The summed E-state index contributed by atoms with van der Waals surface area (Å²) in [6.45, 7) is 0.546. The highest BCUT2D eigenvalue weighted by Gasteiger charge is 2.01. The average molecular weight is 177 g/mol. The number of nitrogen functional groups attached to an aromatic ring is 1. The van der Waals surface area contributed by atoms with Gasteiger partial charge in [-0.25, -0.2) is 4.98 Å². The minimum Gasteiger partial charge on any atom is -0.398 e. The molecule has 0 saturated heterocycles. The van der Waals surface area contributed by atoms with Gasteiger partial charge in [0.2, 0.25) is 0 Å². The van der Waals surface area contributed by atoms with Crippen molar-refractivity contribution in [1.82, 2.24) is 9.38 Å². The summed E-state index contributed by atoms with van der Waals surface area (Å²) in [4.78, 5) is 4.21. The predicted octanol–water partition coefficient (Wildman–Crippen LogP) is 1.06. The van der Waals surface area contributed by atoms with Gasteiger partial charge in [-0.1, -0.05) is 0 Å². The second-order valence-electron chi connectivity index (χ2n) is 2.87. The molecule has 0 radical (unpaired) electrons. The van der Waals surface area contributed by atoms with Crippen molar-refractivity contribution < 1.29 is 4.74 Å². The van der Waals surface area contributed by atoms with E-state index in [9.17, 15) is 0 Å². The smallest absolute Gasteiger partial charge is 0.137 e. The standard InChI is InChI=1S/C9H11N3O/c1-13-6-8-4-11-9-3-2-7(10)5-12(8)9/h2-5H,6,10H2,1H3. The molecule has 0 atom stereocenters. The summed E-state index contributed by atoms with van der Waals surface area (Å²) in [5, 5.41) is 0. The van der Waals surface area contributed by atoms with E-state index < -0.39 is 0 Å². The molecule has 0 bridgehead atoms. The highest BCUT2D eigenvalue weighted by Crippen LogP contribution is 2.10. The van der Waals surface area contributed by atoms with Gasteiger partial charge >= 0.3 is 0 Å². The van der Waals surface area contributed by atoms with Crippen LogP contribution in [-0.4, -0.2) is 16.5 Å². The number of fused-ring (bicyclic) bond motifs is 1. The lowest BCUT2D eigenvalue weighted by Crippen LogP contribution is -1.96. The molecule has 0 fully saturated rings. The van der Waals surface area contributed by atoms with Gasteiger partial charge in [0.05, 0.1) is 18.5 Å². The fraction of sp³-hybridized carbons (Fsp3) is 0.222. The number of rotatable bonds is 2. The average Bonchev–Trinajstić information content (AvgIpc) is 2.49. The van der Waals surface area contributed by atoms with Crippen molar-refractivity contribution in [2.75, 3.05) is 12.8 Å². The van der Waals surface area contributed by atoms with Gasteiger partial charge in [-0.3, -0.25) is 4.40 Å². The zero-order valence-corrected chi connectivity index (χ0v) is 7.40. The maximum Gasteiger partial charge on any atom is 0.137 e. The SMILES string of the molecule is COCc1cnc2ccc(N)cn12. The van der Waals surface area contributed by atoms with Crippen LogP contribution in [0.2, 0.25) is 0 Å². The number of hydrogen-bond donors (Lipinski definition) is 1. The van der Waals surface area contributed by atoms with Gasteiger partial charge in [0.1, 0.15) is 5.65 Å². The van der Waals surface area contributed by atoms with Gasteiger partial charge in [0.15, 0.2) is 0 Å². The summed E-state index contributed by atoms with van der Waals surface area (Å²) in [5.41, 5.74) is 8.28. The first kappa shape index (κ1) is 8.07. The highest BCUT2D eigenvalue weighted by atomic mass is 16.5. The number of nitrogens with two attached hydrogens (primary N) is 1. The van der Waals surface area contributed by atoms with Crippen LogP contribution in [0.15, 0.2) is 24.5 Å². The molecule has 0 aromatic carbocycles. The number of methoxy groups -OCH3 is 1. The highest BCUT2D eigenvalue weighted by molar-refractivity contribution is 5.48. The van der Waals surface area contributed by atoms with Gasteiger partial charge in [0, 0.05) is 19.0 Å². The quantitative estimate of drug-likeness (QED) is 0.746. The molecule has 0 aliphatic carbocycles. The Morgan fingerprint density at radius 2 is 2.38 bits per heavy atom. The van der Waals surface area contributed by atoms with Crippen molar-refractivity contribution in [3.05, 3.63) is 30.2 Å². The summed E-state index contributed by atoms with van der Waals surface area (Å²) >= 11 is 0. The Balaban J connectivity index is 2.58. The number of anilines is 1. The Bertz CT molecular complexity index is 422. The number of nitrogens with zero attached hydrogens (tertiary/aromatic N) is 2. The molecular formula is C9H11N3O. The van der Waals surface area contributed by atoms with Crippen molar-refractivity contribution >= 4 is 11.3 Å². The molecule has 0 unspecified atom stereocenters. The number of ether oxygens (including phenoxy) is 1. The Kier molecular flexibility index (Phi) is 1.90. The van der Waals surface area contributed by atoms with Crippen LogP contribution in [0.3, 0.4) is 0 Å². The van der Waals surface area contributed by atoms with Crippen molar-refractivity contribution in [3.8, 4) is 0 Å². The molecule has 0 spiro atoms. The van der Waals surface area contributed by atoms with E-state index in [1.165, 1.54) is 0 Å². The minimum absolute atomic E-state index is 0.546. The summed E-state index contributed by atoms with van der Waals surface area (Å²) in [6, 6.07) is 3.72. The molecule has 0 aliphatic rings. The van der Waals surface area contributed by atoms with Crippen LogP contribution < -0.4 is 5.73 Å². The fourth-order valence-electron chi connectivity index (χ4n) is 1.30. The number of pyridine rings is 1. The number of imidazole rings is 1. The normalized spacial score (nSPS) is 10.8. The Morgan fingerprint density at radius 1 is 1.54 bits per heavy atom. The van der Waals surface area contributed by atoms with Crippen LogP contribution in [0.1, 0.15) is 5.69 Å². The van der Waals surface area contributed by atoms with E-state index in [1.54, 1.807) is 13.3 Å². The van der Waals surface area contributed by atoms with E-state index in [4.69, 9.17) is 10.5 Å². The van der Waals surface area contributed by atoms with Gasteiger partial charge in [-0.2, -0.15) is 0 Å². The van der Waals surface area contributed by atoms with E-state index in [1.807, 2.05) is 22.7 Å². The lowest BCUT2D eigenvalue weighted by Gasteiger charge is -2.00.